The van der Waals surface area contributed by atoms with E-state index in [9.17, 15) is 5.26 Å². The summed E-state index contributed by atoms with van der Waals surface area (Å²) < 4.78 is 6.42. The summed E-state index contributed by atoms with van der Waals surface area (Å²) in [6.45, 7) is 0. The molecule has 0 saturated heterocycles. The largest absolute Gasteiger partial charge is 0.455 e. The van der Waals surface area contributed by atoms with Crippen LogP contribution in [-0.2, 0) is 0 Å². The highest BCUT2D eigenvalue weighted by atomic mass is 16.3. The first-order valence-corrected chi connectivity index (χ1v) is 16.7. The van der Waals surface area contributed by atoms with Crippen LogP contribution in [-0.4, -0.2) is 4.98 Å². The van der Waals surface area contributed by atoms with Crippen molar-refractivity contribution in [3.05, 3.63) is 169 Å². The number of benzene rings is 6. The summed E-state index contributed by atoms with van der Waals surface area (Å²) in [5.41, 5.74) is 13.3. The molecule has 0 atom stereocenters. The van der Waals surface area contributed by atoms with Crippen molar-refractivity contribution in [3.8, 4) is 50.8 Å². The average molecular weight is 627 g/mol. The number of aromatic nitrogens is 1. The van der Waals surface area contributed by atoms with Crippen LogP contribution in [0.2, 0.25) is 0 Å². The van der Waals surface area contributed by atoms with Gasteiger partial charge in [-0.3, -0.25) is 0 Å². The van der Waals surface area contributed by atoms with E-state index in [0.717, 1.165) is 90.3 Å². The van der Waals surface area contributed by atoms with E-state index in [1.54, 1.807) is 0 Å². The molecule has 0 bridgehead atoms. The molecule has 1 aliphatic rings. The first kappa shape index (κ1) is 28.7. The van der Waals surface area contributed by atoms with E-state index in [4.69, 9.17) is 9.40 Å². The van der Waals surface area contributed by atoms with Crippen LogP contribution in [0, 0.1) is 11.3 Å². The fourth-order valence-corrected chi connectivity index (χ4v) is 7.09. The number of hydrogen-bond donors (Lipinski definition) is 0. The summed E-state index contributed by atoms with van der Waals surface area (Å²) in [6.07, 6.45) is 8.95. The van der Waals surface area contributed by atoms with Gasteiger partial charge in [-0.2, -0.15) is 5.26 Å². The number of fused-ring (bicyclic) bond motifs is 5. The summed E-state index contributed by atoms with van der Waals surface area (Å²) in [7, 11) is 0. The number of allylic oxidation sites excluding steroid dienone is 4. The average Bonchev–Trinajstić information content (AvgIpc) is 3.57. The Labute approximate surface area is 284 Å². The lowest BCUT2D eigenvalue weighted by atomic mass is 9.94. The zero-order valence-electron chi connectivity index (χ0n) is 26.7. The summed E-state index contributed by atoms with van der Waals surface area (Å²) in [5, 5.41) is 13.8. The third kappa shape index (κ3) is 5.12. The van der Waals surface area contributed by atoms with Crippen LogP contribution in [0.25, 0.3) is 83.1 Å². The number of furan rings is 1. The van der Waals surface area contributed by atoms with Crippen LogP contribution >= 0.6 is 0 Å². The summed E-state index contributed by atoms with van der Waals surface area (Å²) >= 11 is 0. The van der Waals surface area contributed by atoms with Crippen molar-refractivity contribution in [1.82, 2.24) is 4.98 Å². The van der Waals surface area contributed by atoms with E-state index >= 15 is 0 Å². The molecule has 0 N–H and O–H groups in total. The quantitative estimate of drug-likeness (QED) is 0.191. The first-order chi connectivity index (χ1) is 24.2. The van der Waals surface area contributed by atoms with Gasteiger partial charge in [0.25, 0.3) is 0 Å². The molecule has 0 fully saturated rings. The highest BCUT2D eigenvalue weighted by molar-refractivity contribution is 6.20. The fourth-order valence-electron chi connectivity index (χ4n) is 7.09. The molecular formula is C46H30N2O. The van der Waals surface area contributed by atoms with Crippen molar-refractivity contribution in [2.75, 3.05) is 0 Å². The SMILES string of the molecule is N#Cc1cc2c(oc3cccc(-c4ccc(-c5ccc(-c6cc(C7=CCCC=C7)cc(-c7ccccc7)n6)cc5)cc4)c32)c2ccccc12. The molecule has 230 valence electrons. The van der Waals surface area contributed by atoms with E-state index < -0.39 is 0 Å². The second-order valence-electron chi connectivity index (χ2n) is 12.5. The lowest BCUT2D eigenvalue weighted by Crippen LogP contribution is -1.94. The highest BCUT2D eigenvalue weighted by Gasteiger charge is 2.17. The predicted octanol–water partition coefficient (Wildman–Crippen LogP) is 12.4. The smallest absolute Gasteiger partial charge is 0.143 e. The number of nitriles is 1. The Bertz CT molecular complexity index is 2640. The van der Waals surface area contributed by atoms with Crippen molar-refractivity contribution < 1.29 is 4.42 Å². The van der Waals surface area contributed by atoms with Gasteiger partial charge in [-0.25, -0.2) is 4.98 Å². The Morgan fingerprint density at radius 2 is 1.20 bits per heavy atom. The van der Waals surface area contributed by atoms with Crippen LogP contribution in [0.1, 0.15) is 24.0 Å². The molecule has 9 rings (SSSR count). The Morgan fingerprint density at radius 1 is 0.551 bits per heavy atom. The molecule has 0 aliphatic heterocycles. The third-order valence-corrected chi connectivity index (χ3v) is 9.56. The molecule has 8 aromatic rings. The van der Waals surface area contributed by atoms with E-state index in [2.05, 4.69) is 115 Å². The third-order valence-electron chi connectivity index (χ3n) is 9.56. The Kier molecular flexibility index (Phi) is 6.99. The zero-order valence-corrected chi connectivity index (χ0v) is 26.7. The summed E-state index contributed by atoms with van der Waals surface area (Å²) in [5.74, 6) is 0. The van der Waals surface area contributed by atoms with Crippen LogP contribution in [0.3, 0.4) is 0 Å². The molecule has 2 aromatic heterocycles. The minimum Gasteiger partial charge on any atom is -0.455 e. The summed E-state index contributed by atoms with van der Waals surface area (Å²) in [4.78, 5) is 5.11. The van der Waals surface area contributed by atoms with Crippen LogP contribution in [0.15, 0.2) is 162 Å². The fraction of sp³-hybridized carbons (Fsp3) is 0.0435. The summed E-state index contributed by atoms with van der Waals surface area (Å²) in [6, 6.07) is 50.7. The standard InChI is InChI=1S/C46H30N2O/c47-29-37-26-41-45-39(16-9-17-44(45)49-46(41)40-15-8-7-14-38(37)40)33-22-18-31(19-23-33)32-20-24-35(25-21-32)43-28-36(30-10-3-1-4-11-30)27-42(48-43)34-12-5-2-6-13-34/h2-3,5-28H,1,4H2. The van der Waals surface area contributed by atoms with Gasteiger partial charge >= 0.3 is 0 Å². The maximum atomic E-state index is 9.95. The lowest BCUT2D eigenvalue weighted by molar-refractivity contribution is 0.673. The van der Waals surface area contributed by atoms with Gasteiger partial charge in [-0.15, -0.1) is 0 Å². The molecule has 3 nitrogen and oxygen atoms in total. The number of nitrogens with zero attached hydrogens (tertiary/aromatic N) is 2. The molecule has 3 heteroatoms. The van der Waals surface area contributed by atoms with Crippen molar-refractivity contribution in [2.45, 2.75) is 12.8 Å². The van der Waals surface area contributed by atoms with E-state index in [0.29, 0.717) is 5.56 Å². The van der Waals surface area contributed by atoms with Crippen LogP contribution in [0.4, 0.5) is 0 Å². The zero-order chi connectivity index (χ0) is 32.7. The van der Waals surface area contributed by atoms with Crippen molar-refractivity contribution >= 4 is 38.3 Å². The predicted molar refractivity (Wildman–Crippen MR) is 202 cm³/mol. The van der Waals surface area contributed by atoms with Gasteiger partial charge in [-0.05, 0) is 70.5 Å². The molecule has 1 aliphatic carbocycles. The van der Waals surface area contributed by atoms with E-state index in [1.165, 1.54) is 11.1 Å². The van der Waals surface area contributed by atoms with Gasteiger partial charge in [0.2, 0.25) is 0 Å². The van der Waals surface area contributed by atoms with Gasteiger partial charge in [0.1, 0.15) is 11.2 Å². The number of hydrogen-bond acceptors (Lipinski definition) is 3. The van der Waals surface area contributed by atoms with Gasteiger partial charge in [-0.1, -0.05) is 133 Å². The molecule has 0 saturated carbocycles. The monoisotopic (exact) mass is 626 g/mol. The van der Waals surface area contributed by atoms with Crippen LogP contribution in [0.5, 0.6) is 0 Å². The second kappa shape index (κ2) is 11.9. The molecule has 0 radical (unpaired) electrons. The Balaban J connectivity index is 1.07. The van der Waals surface area contributed by atoms with Gasteiger partial charge < -0.3 is 4.42 Å². The normalized spacial score (nSPS) is 12.8. The van der Waals surface area contributed by atoms with Crippen LogP contribution < -0.4 is 0 Å². The topological polar surface area (TPSA) is 49.8 Å². The van der Waals surface area contributed by atoms with Crippen molar-refractivity contribution in [2.24, 2.45) is 0 Å². The molecule has 0 unspecified atom stereocenters. The Morgan fingerprint density at radius 3 is 1.90 bits per heavy atom. The molecule has 0 amide bonds. The first-order valence-electron chi connectivity index (χ1n) is 16.7. The number of rotatable bonds is 5. The van der Waals surface area contributed by atoms with Crippen molar-refractivity contribution in [1.29, 1.82) is 5.26 Å². The minimum absolute atomic E-state index is 0.653. The van der Waals surface area contributed by atoms with Gasteiger partial charge in [0.05, 0.1) is 23.0 Å². The second-order valence-corrected chi connectivity index (χ2v) is 12.5. The highest BCUT2D eigenvalue weighted by Crippen LogP contribution is 2.41. The van der Waals surface area contributed by atoms with E-state index in [1.807, 2.05) is 48.5 Å². The minimum atomic E-state index is 0.653. The van der Waals surface area contributed by atoms with Gasteiger partial charge in [0.15, 0.2) is 0 Å². The lowest BCUT2D eigenvalue weighted by Gasteiger charge is -2.13. The van der Waals surface area contributed by atoms with E-state index in [-0.39, 0.29) is 0 Å². The molecule has 2 heterocycles. The Hall–Kier alpha value is -6.50. The number of pyridine rings is 1. The molecule has 6 aromatic carbocycles. The molecule has 0 spiro atoms. The van der Waals surface area contributed by atoms with Gasteiger partial charge in [0, 0.05) is 32.7 Å². The maximum absolute atomic E-state index is 9.95. The molecular weight excluding hydrogens is 597 g/mol. The maximum Gasteiger partial charge on any atom is 0.143 e. The van der Waals surface area contributed by atoms with Crippen molar-refractivity contribution in [3.63, 3.8) is 0 Å². The molecule has 49 heavy (non-hydrogen) atoms.